The molecule has 48 heavy (non-hydrogen) atoms. The molecule has 0 spiro atoms. The first kappa shape index (κ1) is 27.6. The minimum atomic E-state index is 0.637. The first-order chi connectivity index (χ1) is 23.8. The molecule has 0 aliphatic carbocycles. The van der Waals surface area contributed by atoms with Gasteiger partial charge in [0.05, 0.1) is 23.0 Å². The van der Waals surface area contributed by atoms with Crippen LogP contribution in [-0.4, -0.2) is 4.98 Å². The second-order valence-electron chi connectivity index (χ2n) is 11.9. The number of benzene rings is 8. The molecule has 0 fully saturated rings. The number of rotatable bonds is 6. The van der Waals surface area contributed by atoms with Crippen LogP contribution in [0.25, 0.3) is 43.1 Å². The van der Waals surface area contributed by atoms with Gasteiger partial charge in [-0.1, -0.05) is 97.1 Å². The van der Waals surface area contributed by atoms with E-state index in [2.05, 4.69) is 149 Å². The number of hydrogen-bond acceptors (Lipinski definition) is 4. The van der Waals surface area contributed by atoms with E-state index in [4.69, 9.17) is 4.98 Å². The monoisotopic (exact) mass is 612 g/mol. The molecule has 1 aromatic heterocycles. The van der Waals surface area contributed by atoms with Gasteiger partial charge in [0.2, 0.25) is 0 Å². The van der Waals surface area contributed by atoms with Crippen LogP contribution in [0.3, 0.4) is 0 Å². The van der Waals surface area contributed by atoms with Crippen molar-refractivity contribution in [2.75, 3.05) is 9.80 Å². The van der Waals surface area contributed by atoms with Gasteiger partial charge in [0.1, 0.15) is 5.82 Å². The molecule has 224 valence electrons. The summed E-state index contributed by atoms with van der Waals surface area (Å²) in [7, 11) is 0. The average molecular weight is 613 g/mol. The molecule has 4 nitrogen and oxygen atoms in total. The van der Waals surface area contributed by atoms with Crippen LogP contribution in [0.15, 0.2) is 170 Å². The molecule has 0 saturated heterocycles. The molecule has 4 heteroatoms. The first-order valence-corrected chi connectivity index (χ1v) is 16.0. The van der Waals surface area contributed by atoms with Crippen molar-refractivity contribution in [1.82, 2.24) is 4.98 Å². The van der Waals surface area contributed by atoms with E-state index in [1.807, 2.05) is 36.5 Å². The van der Waals surface area contributed by atoms with Gasteiger partial charge >= 0.3 is 0 Å². The molecule has 0 atom stereocenters. The molecule has 0 saturated carbocycles. The van der Waals surface area contributed by atoms with Crippen molar-refractivity contribution >= 4 is 77.3 Å². The lowest BCUT2D eigenvalue weighted by molar-refractivity contribution is 1.21. The van der Waals surface area contributed by atoms with Crippen molar-refractivity contribution in [3.63, 3.8) is 0 Å². The fourth-order valence-corrected chi connectivity index (χ4v) is 7.08. The molecule has 0 N–H and O–H groups in total. The topological polar surface area (TPSA) is 43.2 Å². The highest BCUT2D eigenvalue weighted by molar-refractivity contribution is 6.28. The Morgan fingerprint density at radius 1 is 0.417 bits per heavy atom. The normalized spacial score (nSPS) is 11.3. The van der Waals surface area contributed by atoms with Crippen LogP contribution >= 0.6 is 0 Å². The van der Waals surface area contributed by atoms with Gasteiger partial charge < -0.3 is 4.90 Å². The molecule has 0 bridgehead atoms. The van der Waals surface area contributed by atoms with Gasteiger partial charge in [-0.25, -0.2) is 4.98 Å². The largest absolute Gasteiger partial charge is 0.310 e. The maximum Gasteiger partial charge on any atom is 0.145 e. The number of pyridine rings is 1. The van der Waals surface area contributed by atoms with Crippen molar-refractivity contribution in [2.24, 2.45) is 0 Å². The van der Waals surface area contributed by atoms with Gasteiger partial charge in [0.15, 0.2) is 0 Å². The SMILES string of the molecule is N#Cc1ccc(N(c2ccccc2)c2ccc3ccc4c(N(c5ccccc5)c5nccc6ccccc56)ccc5ccc2c3c54)cc1. The van der Waals surface area contributed by atoms with Crippen molar-refractivity contribution < 1.29 is 0 Å². The molecular formula is C44H28N4. The van der Waals surface area contributed by atoms with E-state index in [1.54, 1.807) is 0 Å². The number of nitriles is 1. The van der Waals surface area contributed by atoms with E-state index in [0.717, 1.165) is 55.8 Å². The Bertz CT molecular complexity index is 2620. The van der Waals surface area contributed by atoms with E-state index in [-0.39, 0.29) is 0 Å². The Labute approximate surface area is 278 Å². The Morgan fingerprint density at radius 2 is 0.938 bits per heavy atom. The van der Waals surface area contributed by atoms with Crippen LogP contribution in [0.4, 0.5) is 34.3 Å². The number of para-hydroxylation sites is 2. The smallest absolute Gasteiger partial charge is 0.145 e. The minimum absolute atomic E-state index is 0.637. The molecule has 0 unspecified atom stereocenters. The molecule has 0 aliphatic rings. The molecule has 9 rings (SSSR count). The highest BCUT2D eigenvalue weighted by Crippen LogP contribution is 2.47. The number of aromatic nitrogens is 1. The molecule has 9 aromatic rings. The molecule has 8 aromatic carbocycles. The maximum absolute atomic E-state index is 9.49. The number of fused-ring (bicyclic) bond motifs is 1. The lowest BCUT2D eigenvalue weighted by Gasteiger charge is -2.29. The van der Waals surface area contributed by atoms with Crippen molar-refractivity contribution in [2.45, 2.75) is 0 Å². The molecule has 0 amide bonds. The molecular weight excluding hydrogens is 585 g/mol. The highest BCUT2D eigenvalue weighted by atomic mass is 15.2. The zero-order valence-electron chi connectivity index (χ0n) is 26.0. The van der Waals surface area contributed by atoms with Gasteiger partial charge in [-0.2, -0.15) is 5.26 Å². The summed E-state index contributed by atoms with van der Waals surface area (Å²) in [6, 6.07) is 59.4. The second-order valence-corrected chi connectivity index (χ2v) is 11.9. The lowest BCUT2D eigenvalue weighted by atomic mass is 9.91. The van der Waals surface area contributed by atoms with Gasteiger partial charge in [-0.15, -0.1) is 0 Å². The quantitative estimate of drug-likeness (QED) is 0.175. The zero-order valence-corrected chi connectivity index (χ0v) is 26.0. The van der Waals surface area contributed by atoms with Crippen LogP contribution in [0.2, 0.25) is 0 Å². The maximum atomic E-state index is 9.49. The first-order valence-electron chi connectivity index (χ1n) is 16.0. The standard InChI is InChI=1S/C44H28N4/c45-29-30-15-21-36(22-16-30)47(34-10-3-1-4-11-34)40-25-19-32-18-24-39-41(26-20-33-17-23-38(40)42(32)43(33)39)48(35-12-5-2-6-13-35)44-37-14-8-7-9-31(37)27-28-46-44/h1-28H. The van der Waals surface area contributed by atoms with E-state index < -0.39 is 0 Å². The van der Waals surface area contributed by atoms with Gasteiger partial charge in [-0.05, 0) is 93.7 Å². The van der Waals surface area contributed by atoms with E-state index in [9.17, 15) is 5.26 Å². The average Bonchev–Trinajstić information content (AvgIpc) is 3.16. The van der Waals surface area contributed by atoms with Gasteiger partial charge in [0.25, 0.3) is 0 Å². The Hall–Kier alpha value is -6.70. The van der Waals surface area contributed by atoms with Gasteiger partial charge in [-0.3, -0.25) is 4.90 Å². The summed E-state index contributed by atoms with van der Waals surface area (Å²) in [5.74, 6) is 0.895. The van der Waals surface area contributed by atoms with Crippen LogP contribution in [-0.2, 0) is 0 Å². The summed E-state index contributed by atoms with van der Waals surface area (Å²) < 4.78 is 0. The number of nitrogens with zero attached hydrogens (tertiary/aromatic N) is 4. The predicted octanol–water partition coefficient (Wildman–Crippen LogP) is 11.9. The lowest BCUT2D eigenvalue weighted by Crippen LogP contribution is -2.13. The molecule has 1 heterocycles. The van der Waals surface area contributed by atoms with Crippen molar-refractivity contribution in [3.8, 4) is 6.07 Å². The van der Waals surface area contributed by atoms with Crippen molar-refractivity contribution in [3.05, 3.63) is 176 Å². The fourth-order valence-electron chi connectivity index (χ4n) is 7.08. The van der Waals surface area contributed by atoms with Gasteiger partial charge in [0, 0.05) is 39.4 Å². The predicted molar refractivity (Wildman–Crippen MR) is 200 cm³/mol. The third kappa shape index (κ3) is 4.41. The number of anilines is 6. The van der Waals surface area contributed by atoms with E-state index in [1.165, 1.54) is 21.5 Å². The fraction of sp³-hybridized carbons (Fsp3) is 0. The second kappa shape index (κ2) is 11.3. The minimum Gasteiger partial charge on any atom is -0.310 e. The third-order valence-electron chi connectivity index (χ3n) is 9.25. The van der Waals surface area contributed by atoms with Crippen molar-refractivity contribution in [1.29, 1.82) is 5.26 Å². The number of hydrogen-bond donors (Lipinski definition) is 0. The molecule has 0 aliphatic heterocycles. The Kier molecular flexibility index (Phi) is 6.48. The summed E-state index contributed by atoms with van der Waals surface area (Å²) in [6.07, 6.45) is 1.90. The van der Waals surface area contributed by atoms with E-state index >= 15 is 0 Å². The van der Waals surface area contributed by atoms with E-state index in [0.29, 0.717) is 5.56 Å². The Morgan fingerprint density at radius 3 is 1.56 bits per heavy atom. The molecule has 0 radical (unpaired) electrons. The van der Waals surface area contributed by atoms with Crippen LogP contribution in [0.5, 0.6) is 0 Å². The van der Waals surface area contributed by atoms with Crippen LogP contribution in [0.1, 0.15) is 5.56 Å². The summed E-state index contributed by atoms with van der Waals surface area (Å²) in [5, 5.41) is 18.9. The zero-order chi connectivity index (χ0) is 32.0. The third-order valence-corrected chi connectivity index (χ3v) is 9.25. The van der Waals surface area contributed by atoms with Crippen LogP contribution in [0, 0.1) is 11.3 Å². The summed E-state index contributed by atoms with van der Waals surface area (Å²) in [5.41, 5.74) is 5.88. The van der Waals surface area contributed by atoms with Crippen LogP contribution < -0.4 is 9.80 Å². The summed E-state index contributed by atoms with van der Waals surface area (Å²) >= 11 is 0. The Balaban J connectivity index is 1.33. The summed E-state index contributed by atoms with van der Waals surface area (Å²) in [6.45, 7) is 0. The highest BCUT2D eigenvalue weighted by Gasteiger charge is 2.23. The summed E-state index contributed by atoms with van der Waals surface area (Å²) in [4.78, 5) is 9.56.